The van der Waals surface area contributed by atoms with Crippen LogP contribution in [0.4, 0.5) is 0 Å². The van der Waals surface area contributed by atoms with Crippen molar-refractivity contribution in [3.8, 4) is 0 Å². The van der Waals surface area contributed by atoms with Gasteiger partial charge in [0.2, 0.25) is 0 Å². The van der Waals surface area contributed by atoms with E-state index in [1.54, 1.807) is 11.8 Å². The van der Waals surface area contributed by atoms with Crippen molar-refractivity contribution in [2.45, 2.75) is 49.3 Å². The van der Waals surface area contributed by atoms with Gasteiger partial charge in [-0.1, -0.05) is 25.0 Å². The number of hydrogen-bond acceptors (Lipinski definition) is 3. The molecular formula is C15H23NOS. The smallest absolute Gasteiger partial charge is 0.0695 e. The molecule has 1 fully saturated rings. The van der Waals surface area contributed by atoms with Crippen molar-refractivity contribution < 1.29 is 5.11 Å². The molecule has 0 amide bonds. The molecule has 0 radical (unpaired) electrons. The fourth-order valence-corrected chi connectivity index (χ4v) is 3.15. The predicted octanol–water partition coefficient (Wildman–Crippen LogP) is 3.14. The summed E-state index contributed by atoms with van der Waals surface area (Å²) in [6, 6.07) is 9.06. The molecule has 1 aliphatic carbocycles. The summed E-state index contributed by atoms with van der Waals surface area (Å²) in [5, 5.41) is 10.1. The average Bonchev–Trinajstić information content (AvgIpc) is 2.40. The van der Waals surface area contributed by atoms with E-state index in [9.17, 15) is 5.11 Å². The molecule has 1 N–H and O–H groups in total. The SMILES string of the molecule is CSc1ccc(CN(C)C2CCCCC2O)cc1. The maximum absolute atomic E-state index is 10.1. The molecule has 0 aliphatic heterocycles. The van der Waals surface area contributed by atoms with Gasteiger partial charge in [-0.15, -0.1) is 11.8 Å². The van der Waals surface area contributed by atoms with Crippen molar-refractivity contribution >= 4 is 11.8 Å². The van der Waals surface area contributed by atoms with Crippen LogP contribution in [0.5, 0.6) is 0 Å². The van der Waals surface area contributed by atoms with Gasteiger partial charge in [-0.05, 0) is 43.8 Å². The molecule has 18 heavy (non-hydrogen) atoms. The summed E-state index contributed by atoms with van der Waals surface area (Å²) < 4.78 is 0. The van der Waals surface area contributed by atoms with E-state index in [0.29, 0.717) is 6.04 Å². The van der Waals surface area contributed by atoms with Crippen LogP contribution in [0.1, 0.15) is 31.2 Å². The Hall–Kier alpha value is -0.510. The fourth-order valence-electron chi connectivity index (χ4n) is 2.74. The van der Waals surface area contributed by atoms with E-state index < -0.39 is 0 Å². The van der Waals surface area contributed by atoms with Gasteiger partial charge in [-0.3, -0.25) is 4.90 Å². The third-order valence-electron chi connectivity index (χ3n) is 3.85. The summed E-state index contributed by atoms with van der Waals surface area (Å²) in [5.41, 5.74) is 1.33. The van der Waals surface area contributed by atoms with Crippen LogP contribution in [0, 0.1) is 0 Å². The Morgan fingerprint density at radius 2 is 1.89 bits per heavy atom. The first kappa shape index (κ1) is 13.9. The van der Waals surface area contributed by atoms with Crippen molar-refractivity contribution in [3.63, 3.8) is 0 Å². The minimum absolute atomic E-state index is 0.144. The lowest BCUT2D eigenvalue weighted by Crippen LogP contribution is -2.42. The maximum atomic E-state index is 10.1. The van der Waals surface area contributed by atoms with Crippen LogP contribution < -0.4 is 0 Å². The van der Waals surface area contributed by atoms with Gasteiger partial charge >= 0.3 is 0 Å². The van der Waals surface area contributed by atoms with Gasteiger partial charge in [-0.25, -0.2) is 0 Å². The Morgan fingerprint density at radius 1 is 1.22 bits per heavy atom. The fraction of sp³-hybridized carbons (Fsp3) is 0.600. The lowest BCUT2D eigenvalue weighted by molar-refractivity contribution is 0.0288. The zero-order valence-electron chi connectivity index (χ0n) is 11.3. The highest BCUT2D eigenvalue weighted by Crippen LogP contribution is 2.24. The number of likely N-dealkylation sites (N-methyl/N-ethyl adjacent to an activating group) is 1. The van der Waals surface area contributed by atoms with Gasteiger partial charge in [-0.2, -0.15) is 0 Å². The molecule has 3 heteroatoms. The monoisotopic (exact) mass is 265 g/mol. The van der Waals surface area contributed by atoms with E-state index in [-0.39, 0.29) is 6.10 Å². The van der Waals surface area contributed by atoms with E-state index >= 15 is 0 Å². The largest absolute Gasteiger partial charge is 0.391 e. The molecule has 1 aromatic rings. The highest BCUT2D eigenvalue weighted by Gasteiger charge is 2.26. The van der Waals surface area contributed by atoms with E-state index in [1.165, 1.54) is 23.3 Å². The minimum Gasteiger partial charge on any atom is -0.391 e. The molecule has 0 heterocycles. The van der Waals surface area contributed by atoms with Crippen LogP contribution >= 0.6 is 11.8 Å². The number of rotatable bonds is 4. The molecule has 0 aromatic heterocycles. The van der Waals surface area contributed by atoms with E-state index in [4.69, 9.17) is 0 Å². The Labute approximate surface area is 114 Å². The van der Waals surface area contributed by atoms with Crippen LogP contribution in [0.2, 0.25) is 0 Å². The zero-order valence-corrected chi connectivity index (χ0v) is 12.1. The lowest BCUT2D eigenvalue weighted by atomic mass is 9.91. The lowest BCUT2D eigenvalue weighted by Gasteiger charge is -2.35. The summed E-state index contributed by atoms with van der Waals surface area (Å²) in [4.78, 5) is 3.61. The Kier molecular flexibility index (Phi) is 5.10. The van der Waals surface area contributed by atoms with Crippen LogP contribution in [-0.4, -0.2) is 35.5 Å². The van der Waals surface area contributed by atoms with Gasteiger partial charge in [0.05, 0.1) is 6.10 Å². The molecule has 0 bridgehead atoms. The Balaban J connectivity index is 1.94. The molecule has 0 saturated heterocycles. The molecular weight excluding hydrogens is 242 g/mol. The van der Waals surface area contributed by atoms with Crippen molar-refractivity contribution in [2.75, 3.05) is 13.3 Å². The van der Waals surface area contributed by atoms with E-state index in [0.717, 1.165) is 19.4 Å². The first-order valence-corrected chi connectivity index (χ1v) is 7.94. The van der Waals surface area contributed by atoms with E-state index in [2.05, 4.69) is 42.5 Å². The second-order valence-corrected chi connectivity index (χ2v) is 6.06. The second kappa shape index (κ2) is 6.60. The van der Waals surface area contributed by atoms with Gasteiger partial charge in [0, 0.05) is 17.5 Å². The first-order chi connectivity index (χ1) is 8.70. The molecule has 100 valence electrons. The number of nitrogens with zero attached hydrogens (tertiary/aromatic N) is 1. The van der Waals surface area contributed by atoms with Crippen molar-refractivity contribution in [1.82, 2.24) is 4.90 Å². The van der Waals surface area contributed by atoms with Crippen LogP contribution in [-0.2, 0) is 6.54 Å². The zero-order chi connectivity index (χ0) is 13.0. The third kappa shape index (κ3) is 3.50. The van der Waals surface area contributed by atoms with Crippen molar-refractivity contribution in [3.05, 3.63) is 29.8 Å². The minimum atomic E-state index is -0.144. The van der Waals surface area contributed by atoms with E-state index in [1.807, 2.05) is 0 Å². The molecule has 2 unspecified atom stereocenters. The van der Waals surface area contributed by atoms with Crippen LogP contribution in [0.3, 0.4) is 0 Å². The van der Waals surface area contributed by atoms with Crippen molar-refractivity contribution in [2.24, 2.45) is 0 Å². The summed E-state index contributed by atoms with van der Waals surface area (Å²) in [6.07, 6.45) is 6.46. The predicted molar refractivity (Wildman–Crippen MR) is 78.0 cm³/mol. The van der Waals surface area contributed by atoms with Crippen molar-refractivity contribution in [1.29, 1.82) is 0 Å². The summed E-state index contributed by atoms with van der Waals surface area (Å²) in [6.45, 7) is 0.927. The van der Waals surface area contributed by atoms with Gasteiger partial charge in [0.1, 0.15) is 0 Å². The summed E-state index contributed by atoms with van der Waals surface area (Å²) >= 11 is 1.77. The second-order valence-electron chi connectivity index (χ2n) is 5.18. The number of hydrogen-bond donors (Lipinski definition) is 1. The summed E-state index contributed by atoms with van der Waals surface area (Å²) in [7, 11) is 2.13. The van der Waals surface area contributed by atoms with Crippen LogP contribution in [0.15, 0.2) is 29.2 Å². The van der Waals surface area contributed by atoms with Gasteiger partial charge < -0.3 is 5.11 Å². The molecule has 0 spiro atoms. The molecule has 1 saturated carbocycles. The third-order valence-corrected chi connectivity index (χ3v) is 4.59. The number of benzene rings is 1. The molecule has 2 atom stereocenters. The Bertz CT molecular complexity index is 365. The normalized spacial score (nSPS) is 24.4. The topological polar surface area (TPSA) is 23.5 Å². The quantitative estimate of drug-likeness (QED) is 0.846. The first-order valence-electron chi connectivity index (χ1n) is 6.72. The number of aliphatic hydroxyl groups is 1. The van der Waals surface area contributed by atoms with Gasteiger partial charge in [0.15, 0.2) is 0 Å². The van der Waals surface area contributed by atoms with Gasteiger partial charge in [0.25, 0.3) is 0 Å². The molecule has 2 rings (SSSR count). The maximum Gasteiger partial charge on any atom is 0.0695 e. The highest BCUT2D eigenvalue weighted by molar-refractivity contribution is 7.98. The van der Waals surface area contributed by atoms with Crippen LogP contribution in [0.25, 0.3) is 0 Å². The molecule has 1 aromatic carbocycles. The number of thioether (sulfide) groups is 1. The number of aliphatic hydroxyl groups excluding tert-OH is 1. The molecule has 1 aliphatic rings. The Morgan fingerprint density at radius 3 is 2.50 bits per heavy atom. The highest BCUT2D eigenvalue weighted by atomic mass is 32.2. The molecule has 2 nitrogen and oxygen atoms in total. The average molecular weight is 265 g/mol. The standard InChI is InChI=1S/C15H23NOS/c1-16(14-5-3-4-6-15(14)17)11-12-7-9-13(18-2)10-8-12/h7-10,14-15,17H,3-6,11H2,1-2H3. The summed E-state index contributed by atoms with van der Waals surface area (Å²) in [5.74, 6) is 0.